The van der Waals surface area contributed by atoms with Gasteiger partial charge in [-0.25, -0.2) is 17.6 Å². The van der Waals surface area contributed by atoms with Gasteiger partial charge in [0.25, 0.3) is 0 Å². The standard InChI is InChI=1S/C13H12FNO5S/c1-7-3-10(20-15-7)6-21(18,19)12-5-9(13(16)17)4-11(14)8(12)2/h3-5H,6H2,1-2H3,(H,16,17). The first-order valence-electron chi connectivity index (χ1n) is 5.89. The highest BCUT2D eigenvalue weighted by Gasteiger charge is 2.24. The van der Waals surface area contributed by atoms with E-state index in [0.29, 0.717) is 5.69 Å². The summed E-state index contributed by atoms with van der Waals surface area (Å²) in [5.41, 5.74) is -0.0379. The third kappa shape index (κ3) is 3.10. The number of nitrogens with zero attached hydrogens (tertiary/aromatic N) is 1. The Hall–Kier alpha value is -2.22. The average Bonchev–Trinajstić information content (AvgIpc) is 2.76. The Labute approximate surface area is 120 Å². The van der Waals surface area contributed by atoms with E-state index < -0.39 is 32.9 Å². The van der Waals surface area contributed by atoms with Crippen LogP contribution in [0.2, 0.25) is 0 Å². The maximum absolute atomic E-state index is 13.7. The molecule has 1 aromatic carbocycles. The largest absolute Gasteiger partial charge is 0.478 e. The monoisotopic (exact) mass is 313 g/mol. The van der Waals surface area contributed by atoms with Crippen LogP contribution in [-0.2, 0) is 15.6 Å². The van der Waals surface area contributed by atoms with Gasteiger partial charge in [-0.2, -0.15) is 0 Å². The lowest BCUT2D eigenvalue weighted by atomic mass is 10.1. The van der Waals surface area contributed by atoms with Crippen LogP contribution in [0, 0.1) is 19.7 Å². The van der Waals surface area contributed by atoms with Crippen molar-refractivity contribution in [3.05, 3.63) is 46.6 Å². The summed E-state index contributed by atoms with van der Waals surface area (Å²) in [6.07, 6.45) is 0. The third-order valence-corrected chi connectivity index (χ3v) is 4.65. The minimum atomic E-state index is -3.95. The van der Waals surface area contributed by atoms with Crippen LogP contribution in [0.4, 0.5) is 4.39 Å². The second-order valence-electron chi connectivity index (χ2n) is 4.58. The summed E-state index contributed by atoms with van der Waals surface area (Å²) in [6.45, 7) is 2.91. The molecule has 0 fully saturated rings. The second kappa shape index (κ2) is 5.28. The number of halogens is 1. The lowest BCUT2D eigenvalue weighted by Gasteiger charge is -2.08. The summed E-state index contributed by atoms with van der Waals surface area (Å²) in [7, 11) is -3.95. The number of sulfone groups is 1. The minimum absolute atomic E-state index is 0.105. The SMILES string of the molecule is Cc1cc(CS(=O)(=O)c2cc(C(=O)O)cc(F)c2C)on1. The van der Waals surface area contributed by atoms with Crippen LogP contribution in [-0.4, -0.2) is 24.7 Å². The van der Waals surface area contributed by atoms with Crippen LogP contribution in [0.3, 0.4) is 0 Å². The van der Waals surface area contributed by atoms with Gasteiger partial charge in [-0.15, -0.1) is 0 Å². The van der Waals surface area contributed by atoms with Gasteiger partial charge in [0.1, 0.15) is 11.6 Å². The predicted molar refractivity (Wildman–Crippen MR) is 70.2 cm³/mol. The van der Waals surface area contributed by atoms with Crippen molar-refractivity contribution in [3.8, 4) is 0 Å². The minimum Gasteiger partial charge on any atom is -0.478 e. The Morgan fingerprint density at radius 2 is 2.00 bits per heavy atom. The molecule has 0 radical (unpaired) electrons. The van der Waals surface area contributed by atoms with E-state index >= 15 is 0 Å². The first kappa shape index (κ1) is 15.2. The van der Waals surface area contributed by atoms with Crippen LogP contribution >= 0.6 is 0 Å². The average molecular weight is 313 g/mol. The Kier molecular flexibility index (Phi) is 3.82. The molecule has 0 spiro atoms. The molecule has 0 bridgehead atoms. The number of hydrogen-bond donors (Lipinski definition) is 1. The summed E-state index contributed by atoms with van der Waals surface area (Å²) in [5.74, 6) is -2.70. The zero-order valence-corrected chi connectivity index (χ0v) is 12.1. The Bertz CT molecular complexity index is 810. The molecule has 0 aliphatic heterocycles. The lowest BCUT2D eigenvalue weighted by molar-refractivity contribution is 0.0696. The van der Waals surface area contributed by atoms with E-state index in [2.05, 4.69) is 5.16 Å². The Morgan fingerprint density at radius 1 is 1.33 bits per heavy atom. The van der Waals surface area contributed by atoms with E-state index in [4.69, 9.17) is 9.63 Å². The van der Waals surface area contributed by atoms with Crippen molar-refractivity contribution in [1.29, 1.82) is 0 Å². The number of aryl methyl sites for hydroxylation is 1. The third-order valence-electron chi connectivity index (χ3n) is 2.89. The van der Waals surface area contributed by atoms with Gasteiger partial charge in [-0.05, 0) is 26.0 Å². The van der Waals surface area contributed by atoms with E-state index in [1.54, 1.807) is 6.92 Å². The lowest BCUT2D eigenvalue weighted by Crippen LogP contribution is -2.10. The second-order valence-corrected chi connectivity index (χ2v) is 6.54. The molecule has 0 saturated heterocycles. The highest BCUT2D eigenvalue weighted by atomic mass is 32.2. The van der Waals surface area contributed by atoms with Crippen LogP contribution in [0.25, 0.3) is 0 Å². The number of hydrogen-bond acceptors (Lipinski definition) is 5. The summed E-state index contributed by atoms with van der Waals surface area (Å²) in [5, 5.41) is 12.5. The van der Waals surface area contributed by atoms with Crippen LogP contribution in [0.5, 0.6) is 0 Å². The molecule has 21 heavy (non-hydrogen) atoms. The van der Waals surface area contributed by atoms with Gasteiger partial charge < -0.3 is 9.63 Å². The van der Waals surface area contributed by atoms with Crippen LogP contribution < -0.4 is 0 Å². The summed E-state index contributed by atoms with van der Waals surface area (Å²) < 4.78 is 43.2. The molecule has 0 atom stereocenters. The van der Waals surface area contributed by atoms with Crippen molar-refractivity contribution in [2.24, 2.45) is 0 Å². The van der Waals surface area contributed by atoms with Crippen molar-refractivity contribution in [2.45, 2.75) is 24.5 Å². The predicted octanol–water partition coefficient (Wildman–Crippen LogP) is 2.10. The van der Waals surface area contributed by atoms with Gasteiger partial charge in [-0.1, -0.05) is 5.16 Å². The molecule has 1 heterocycles. The topological polar surface area (TPSA) is 97.5 Å². The number of carboxylic acid groups (broad SMARTS) is 1. The molecule has 1 aromatic heterocycles. The fourth-order valence-electron chi connectivity index (χ4n) is 1.85. The van der Waals surface area contributed by atoms with Crippen molar-refractivity contribution >= 4 is 15.8 Å². The van der Waals surface area contributed by atoms with Gasteiger partial charge >= 0.3 is 5.97 Å². The first-order valence-corrected chi connectivity index (χ1v) is 7.54. The highest BCUT2D eigenvalue weighted by molar-refractivity contribution is 7.90. The number of carboxylic acids is 1. The van der Waals surface area contributed by atoms with Crippen molar-refractivity contribution in [3.63, 3.8) is 0 Å². The van der Waals surface area contributed by atoms with Gasteiger partial charge in [-0.3, -0.25) is 0 Å². The summed E-state index contributed by atoms with van der Waals surface area (Å²) in [6, 6.07) is 3.18. The smallest absolute Gasteiger partial charge is 0.335 e. The van der Waals surface area contributed by atoms with E-state index in [-0.39, 0.29) is 16.2 Å². The molecule has 6 nitrogen and oxygen atoms in total. The number of rotatable bonds is 4. The number of aromatic carboxylic acids is 1. The summed E-state index contributed by atoms with van der Waals surface area (Å²) in [4.78, 5) is 10.5. The molecule has 8 heteroatoms. The summed E-state index contributed by atoms with van der Waals surface area (Å²) >= 11 is 0. The molecule has 112 valence electrons. The van der Waals surface area contributed by atoms with Crippen LogP contribution in [0.15, 0.2) is 27.6 Å². The number of carbonyl (C=O) groups is 1. The normalized spacial score (nSPS) is 11.6. The fourth-order valence-corrected chi connectivity index (χ4v) is 3.39. The zero-order valence-electron chi connectivity index (χ0n) is 11.3. The van der Waals surface area contributed by atoms with Gasteiger partial charge in [0, 0.05) is 11.6 Å². The molecular weight excluding hydrogens is 301 g/mol. The molecule has 0 amide bonds. The Morgan fingerprint density at radius 3 is 2.52 bits per heavy atom. The molecule has 0 unspecified atom stereocenters. The first-order chi connectivity index (χ1) is 9.70. The Balaban J connectivity index is 2.51. The zero-order chi connectivity index (χ0) is 15.8. The number of aromatic nitrogens is 1. The fraction of sp³-hybridized carbons (Fsp3) is 0.231. The van der Waals surface area contributed by atoms with Crippen molar-refractivity contribution < 1.29 is 27.2 Å². The molecule has 0 aliphatic carbocycles. The van der Waals surface area contributed by atoms with E-state index in [0.717, 1.165) is 12.1 Å². The molecule has 1 N–H and O–H groups in total. The van der Waals surface area contributed by atoms with E-state index in [1.165, 1.54) is 13.0 Å². The van der Waals surface area contributed by atoms with Crippen molar-refractivity contribution in [1.82, 2.24) is 5.16 Å². The maximum atomic E-state index is 13.7. The molecule has 0 aliphatic rings. The highest BCUT2D eigenvalue weighted by Crippen LogP contribution is 2.24. The molecular formula is C13H12FNO5S. The molecule has 2 rings (SSSR count). The molecule has 0 saturated carbocycles. The molecule has 2 aromatic rings. The number of benzene rings is 1. The van der Waals surface area contributed by atoms with Crippen LogP contribution in [0.1, 0.15) is 27.4 Å². The van der Waals surface area contributed by atoms with E-state index in [9.17, 15) is 17.6 Å². The van der Waals surface area contributed by atoms with Gasteiger partial charge in [0.15, 0.2) is 15.6 Å². The van der Waals surface area contributed by atoms with Gasteiger partial charge in [0.2, 0.25) is 0 Å². The quantitative estimate of drug-likeness (QED) is 0.928. The van der Waals surface area contributed by atoms with Crippen molar-refractivity contribution in [2.75, 3.05) is 0 Å². The maximum Gasteiger partial charge on any atom is 0.335 e. The van der Waals surface area contributed by atoms with E-state index in [1.807, 2.05) is 0 Å². The van der Waals surface area contributed by atoms with Gasteiger partial charge in [0.05, 0.1) is 16.2 Å².